The maximum atomic E-state index is 13.0. The summed E-state index contributed by atoms with van der Waals surface area (Å²) in [6.45, 7) is 2.13. The van der Waals surface area contributed by atoms with E-state index in [1.54, 1.807) is 31.2 Å². The molecule has 3 rings (SSSR count). The smallest absolute Gasteiger partial charge is 0.264 e. The number of nitrogens with one attached hydrogen (secondary N) is 1. The molecule has 1 N–H and O–H groups in total. The molecule has 156 valence electrons. The Morgan fingerprint density at radius 3 is 2.07 bits per heavy atom. The fourth-order valence-electron chi connectivity index (χ4n) is 3.24. The van der Waals surface area contributed by atoms with Crippen molar-refractivity contribution in [3.8, 4) is 0 Å². The summed E-state index contributed by atoms with van der Waals surface area (Å²) in [6, 6.07) is 25.4. The molecule has 0 aliphatic carbocycles. The van der Waals surface area contributed by atoms with Crippen molar-refractivity contribution in [2.24, 2.45) is 0 Å². The number of sulfonamides is 1. The van der Waals surface area contributed by atoms with Crippen LogP contribution < -0.4 is 9.62 Å². The number of anilines is 2. The predicted molar refractivity (Wildman–Crippen MR) is 121 cm³/mol. The number of benzene rings is 3. The van der Waals surface area contributed by atoms with Crippen LogP contribution >= 0.6 is 0 Å². The summed E-state index contributed by atoms with van der Waals surface area (Å²) in [4.78, 5) is 12.4. The first-order valence-electron chi connectivity index (χ1n) is 10.0. The van der Waals surface area contributed by atoms with Crippen LogP contribution in [0.2, 0.25) is 0 Å². The largest absolute Gasteiger partial charge is 0.326 e. The Morgan fingerprint density at radius 2 is 1.47 bits per heavy atom. The molecule has 0 heterocycles. The number of carbonyl (C=O) groups is 1. The Labute approximate surface area is 178 Å². The number of carbonyl (C=O) groups excluding carboxylic acids is 1. The first-order chi connectivity index (χ1) is 14.5. The average molecular weight is 423 g/mol. The van der Waals surface area contributed by atoms with Gasteiger partial charge in [-0.3, -0.25) is 9.10 Å². The number of nitrogens with zero attached hydrogens (tertiary/aromatic N) is 1. The van der Waals surface area contributed by atoms with Gasteiger partial charge in [0.05, 0.1) is 10.6 Å². The lowest BCUT2D eigenvalue weighted by Crippen LogP contribution is -2.30. The van der Waals surface area contributed by atoms with Gasteiger partial charge in [0.1, 0.15) is 0 Å². The van der Waals surface area contributed by atoms with Crippen LogP contribution in [-0.4, -0.2) is 20.9 Å². The number of amides is 1. The van der Waals surface area contributed by atoms with Crippen molar-refractivity contribution in [2.75, 3.05) is 16.2 Å². The Morgan fingerprint density at radius 1 is 0.867 bits per heavy atom. The average Bonchev–Trinajstić information content (AvgIpc) is 2.76. The maximum absolute atomic E-state index is 13.0. The van der Waals surface area contributed by atoms with E-state index in [4.69, 9.17) is 0 Å². The van der Waals surface area contributed by atoms with E-state index in [1.807, 2.05) is 48.5 Å². The van der Waals surface area contributed by atoms with E-state index in [0.717, 1.165) is 12.8 Å². The lowest BCUT2D eigenvalue weighted by molar-refractivity contribution is -0.116. The third-order valence-electron chi connectivity index (χ3n) is 4.77. The molecule has 0 aliphatic rings. The summed E-state index contributed by atoms with van der Waals surface area (Å²) < 4.78 is 27.4. The molecule has 0 atom stereocenters. The van der Waals surface area contributed by atoms with E-state index in [1.165, 1.54) is 22.0 Å². The first-order valence-corrected chi connectivity index (χ1v) is 11.5. The summed E-state index contributed by atoms with van der Waals surface area (Å²) in [6.07, 6.45) is 2.01. The highest BCUT2D eigenvalue weighted by Crippen LogP contribution is 2.24. The monoisotopic (exact) mass is 422 g/mol. The molecule has 0 bridgehead atoms. The Bertz CT molecular complexity index is 1050. The molecule has 0 aliphatic heterocycles. The number of hydrogen-bond donors (Lipinski definition) is 1. The Kier molecular flexibility index (Phi) is 7.25. The molecule has 0 saturated heterocycles. The number of para-hydroxylation sites is 1. The van der Waals surface area contributed by atoms with Gasteiger partial charge in [-0.15, -0.1) is 0 Å². The van der Waals surface area contributed by atoms with Crippen LogP contribution in [0.15, 0.2) is 89.8 Å². The van der Waals surface area contributed by atoms with Crippen molar-refractivity contribution in [1.82, 2.24) is 0 Å². The maximum Gasteiger partial charge on any atom is 0.264 e. The van der Waals surface area contributed by atoms with Gasteiger partial charge in [-0.05, 0) is 61.7 Å². The third kappa shape index (κ3) is 5.48. The van der Waals surface area contributed by atoms with E-state index in [9.17, 15) is 13.2 Å². The molecule has 0 spiro atoms. The summed E-state index contributed by atoms with van der Waals surface area (Å²) in [5, 5.41) is 2.83. The molecule has 0 radical (unpaired) electrons. The van der Waals surface area contributed by atoms with Crippen molar-refractivity contribution in [1.29, 1.82) is 0 Å². The van der Waals surface area contributed by atoms with Crippen LogP contribution in [-0.2, 0) is 21.2 Å². The van der Waals surface area contributed by atoms with E-state index in [2.05, 4.69) is 5.32 Å². The second kappa shape index (κ2) is 10.1. The number of hydrogen-bond acceptors (Lipinski definition) is 3. The summed E-state index contributed by atoms with van der Waals surface area (Å²) in [5.41, 5.74) is 2.41. The zero-order chi connectivity index (χ0) is 21.4. The minimum Gasteiger partial charge on any atom is -0.326 e. The van der Waals surface area contributed by atoms with Crippen molar-refractivity contribution in [3.05, 3.63) is 90.5 Å². The molecule has 30 heavy (non-hydrogen) atoms. The van der Waals surface area contributed by atoms with Crippen LogP contribution in [0.3, 0.4) is 0 Å². The molecule has 0 aromatic heterocycles. The van der Waals surface area contributed by atoms with Crippen LogP contribution in [0.4, 0.5) is 11.4 Å². The van der Waals surface area contributed by atoms with Gasteiger partial charge in [0.25, 0.3) is 10.0 Å². The highest BCUT2D eigenvalue weighted by atomic mass is 32.2. The van der Waals surface area contributed by atoms with Gasteiger partial charge in [0.2, 0.25) is 5.91 Å². The van der Waals surface area contributed by atoms with E-state index in [-0.39, 0.29) is 10.8 Å². The van der Waals surface area contributed by atoms with Gasteiger partial charge in [-0.1, -0.05) is 48.5 Å². The highest BCUT2D eigenvalue weighted by molar-refractivity contribution is 7.92. The van der Waals surface area contributed by atoms with Gasteiger partial charge in [0, 0.05) is 18.7 Å². The molecule has 5 nitrogen and oxygen atoms in total. The van der Waals surface area contributed by atoms with Crippen LogP contribution in [0, 0.1) is 0 Å². The van der Waals surface area contributed by atoms with Gasteiger partial charge < -0.3 is 5.32 Å². The van der Waals surface area contributed by atoms with E-state index in [0.29, 0.717) is 24.3 Å². The molecule has 6 heteroatoms. The fourth-order valence-corrected chi connectivity index (χ4v) is 4.72. The molecule has 0 saturated carbocycles. The van der Waals surface area contributed by atoms with Crippen molar-refractivity contribution in [3.63, 3.8) is 0 Å². The standard InChI is InChI=1S/C24H26N2O3S/c1-2-26(22-13-7-4-8-14-22)30(28,29)23-18-16-21(17-19-23)25-24(27)15-9-12-20-10-5-3-6-11-20/h3-8,10-11,13-14,16-19H,2,9,12,15H2,1H3,(H,25,27). The molecule has 3 aromatic carbocycles. The summed E-state index contributed by atoms with van der Waals surface area (Å²) in [7, 11) is -3.67. The van der Waals surface area contributed by atoms with Crippen LogP contribution in [0.25, 0.3) is 0 Å². The molecule has 3 aromatic rings. The minimum atomic E-state index is -3.67. The van der Waals surface area contributed by atoms with Gasteiger partial charge >= 0.3 is 0 Å². The zero-order valence-corrected chi connectivity index (χ0v) is 17.8. The van der Waals surface area contributed by atoms with Crippen LogP contribution in [0.5, 0.6) is 0 Å². The van der Waals surface area contributed by atoms with Crippen LogP contribution in [0.1, 0.15) is 25.3 Å². The number of rotatable bonds is 9. The molecular formula is C24H26N2O3S. The van der Waals surface area contributed by atoms with Gasteiger partial charge in [0.15, 0.2) is 0 Å². The SMILES string of the molecule is CCN(c1ccccc1)S(=O)(=O)c1ccc(NC(=O)CCCc2ccccc2)cc1. The third-order valence-corrected chi connectivity index (χ3v) is 6.69. The Balaban J connectivity index is 1.60. The zero-order valence-electron chi connectivity index (χ0n) is 17.0. The lowest BCUT2D eigenvalue weighted by Gasteiger charge is -2.23. The fraction of sp³-hybridized carbons (Fsp3) is 0.208. The highest BCUT2D eigenvalue weighted by Gasteiger charge is 2.23. The van der Waals surface area contributed by atoms with Crippen molar-refractivity contribution < 1.29 is 13.2 Å². The quantitative estimate of drug-likeness (QED) is 0.535. The summed E-state index contributed by atoms with van der Waals surface area (Å²) in [5.74, 6) is -0.0824. The molecule has 0 fully saturated rings. The first kappa shape index (κ1) is 21.6. The second-order valence-electron chi connectivity index (χ2n) is 6.92. The number of aryl methyl sites for hydroxylation is 1. The normalized spacial score (nSPS) is 11.1. The Hall–Kier alpha value is -3.12. The summed E-state index contributed by atoms with van der Waals surface area (Å²) >= 11 is 0. The molecule has 0 unspecified atom stereocenters. The second-order valence-corrected chi connectivity index (χ2v) is 8.78. The lowest BCUT2D eigenvalue weighted by atomic mass is 10.1. The topological polar surface area (TPSA) is 66.5 Å². The minimum absolute atomic E-state index is 0.0824. The van der Waals surface area contributed by atoms with Gasteiger partial charge in [-0.25, -0.2) is 8.42 Å². The molecular weight excluding hydrogens is 396 g/mol. The van der Waals surface area contributed by atoms with Gasteiger partial charge in [-0.2, -0.15) is 0 Å². The molecule has 1 amide bonds. The van der Waals surface area contributed by atoms with E-state index >= 15 is 0 Å². The van der Waals surface area contributed by atoms with E-state index < -0.39 is 10.0 Å². The predicted octanol–water partition coefficient (Wildman–Crippen LogP) is 4.86. The van der Waals surface area contributed by atoms with Crippen molar-refractivity contribution in [2.45, 2.75) is 31.1 Å². The van der Waals surface area contributed by atoms with Crippen molar-refractivity contribution >= 4 is 27.3 Å².